The molecule has 0 spiro atoms. The lowest BCUT2D eigenvalue weighted by Gasteiger charge is -2.39. The molecule has 96 valence electrons. The highest BCUT2D eigenvalue weighted by Crippen LogP contribution is 2.29. The number of carbonyl (C=O) groups excluding carboxylic acids is 2. The second-order valence-corrected chi connectivity index (χ2v) is 5.49. The third-order valence-electron chi connectivity index (χ3n) is 3.01. The average Bonchev–Trinajstić information content (AvgIpc) is 2.29. The summed E-state index contributed by atoms with van der Waals surface area (Å²) in [6.45, 7) is 1.92. The number of amides is 2. The van der Waals surface area contributed by atoms with Crippen LogP contribution >= 0.6 is 15.9 Å². The molecule has 1 aromatic rings. The van der Waals surface area contributed by atoms with Gasteiger partial charge in [0.1, 0.15) is 5.82 Å². The van der Waals surface area contributed by atoms with Crippen molar-refractivity contribution in [3.8, 4) is 0 Å². The topological polar surface area (TPSA) is 49.4 Å². The van der Waals surface area contributed by atoms with Gasteiger partial charge in [0.15, 0.2) is 0 Å². The summed E-state index contributed by atoms with van der Waals surface area (Å²) in [6, 6.07) is 4.52. The van der Waals surface area contributed by atoms with Gasteiger partial charge in [0.05, 0.1) is 5.54 Å². The molecule has 0 aromatic heterocycles. The van der Waals surface area contributed by atoms with Crippen LogP contribution in [0.3, 0.4) is 0 Å². The number of benzene rings is 1. The maximum Gasteiger partial charge on any atom is 0.311 e. The van der Waals surface area contributed by atoms with Crippen LogP contribution in [0.2, 0.25) is 0 Å². The summed E-state index contributed by atoms with van der Waals surface area (Å²) < 4.78 is 14.6. The van der Waals surface area contributed by atoms with E-state index in [0.717, 1.165) is 0 Å². The third-order valence-corrected chi connectivity index (χ3v) is 3.50. The second kappa shape index (κ2) is 4.35. The zero-order valence-electron chi connectivity index (χ0n) is 9.96. The molecule has 2 rings (SSSR count). The van der Waals surface area contributed by atoms with E-state index in [9.17, 15) is 14.0 Å². The Hall–Kier alpha value is -1.43. The number of carbonyl (C=O) groups is 2. The van der Waals surface area contributed by atoms with E-state index in [1.54, 1.807) is 19.1 Å². The predicted molar refractivity (Wildman–Crippen MR) is 67.2 cm³/mol. The Morgan fingerprint density at radius 3 is 2.72 bits per heavy atom. The van der Waals surface area contributed by atoms with Gasteiger partial charge in [-0.3, -0.25) is 9.59 Å². The number of halogens is 2. The van der Waals surface area contributed by atoms with Gasteiger partial charge in [0, 0.05) is 23.6 Å². The van der Waals surface area contributed by atoms with Crippen LogP contribution < -0.4 is 5.32 Å². The molecule has 0 saturated carbocycles. The van der Waals surface area contributed by atoms with Crippen molar-refractivity contribution in [2.75, 3.05) is 13.6 Å². The fourth-order valence-corrected chi connectivity index (χ4v) is 2.50. The lowest BCUT2D eigenvalue weighted by molar-refractivity contribution is -0.150. The summed E-state index contributed by atoms with van der Waals surface area (Å²) in [6.07, 6.45) is 0. The first-order chi connectivity index (χ1) is 8.33. The molecule has 1 atom stereocenters. The standard InChI is InChI=1S/C12H12BrFN2O2/c1-12(6-16(2)11(18)10(17)15-12)8-5-7(13)3-4-9(8)14/h3-5H,6H2,1-2H3,(H,15,17). The fraction of sp³-hybridized carbons (Fsp3) is 0.333. The first-order valence-electron chi connectivity index (χ1n) is 5.36. The predicted octanol–water partition coefficient (Wildman–Crippen LogP) is 1.39. The average molecular weight is 315 g/mol. The third kappa shape index (κ3) is 2.12. The van der Waals surface area contributed by atoms with Gasteiger partial charge in [-0.2, -0.15) is 0 Å². The smallest absolute Gasteiger partial charge is 0.311 e. The molecule has 1 unspecified atom stereocenters. The van der Waals surface area contributed by atoms with Crippen LogP contribution in [0.5, 0.6) is 0 Å². The summed E-state index contributed by atoms with van der Waals surface area (Å²) in [5.74, 6) is -1.74. The van der Waals surface area contributed by atoms with Crippen molar-refractivity contribution < 1.29 is 14.0 Å². The van der Waals surface area contributed by atoms with E-state index in [0.29, 0.717) is 10.0 Å². The van der Waals surface area contributed by atoms with Gasteiger partial charge in [0.25, 0.3) is 0 Å². The van der Waals surface area contributed by atoms with E-state index in [1.807, 2.05) is 0 Å². The molecule has 1 heterocycles. The van der Waals surface area contributed by atoms with E-state index >= 15 is 0 Å². The first-order valence-corrected chi connectivity index (χ1v) is 6.16. The lowest BCUT2D eigenvalue weighted by atomic mass is 9.89. The van der Waals surface area contributed by atoms with Crippen LogP contribution in [0.15, 0.2) is 22.7 Å². The summed E-state index contributed by atoms with van der Waals surface area (Å²) in [5.41, 5.74) is -0.572. The highest BCUT2D eigenvalue weighted by molar-refractivity contribution is 9.10. The van der Waals surface area contributed by atoms with E-state index in [-0.39, 0.29) is 6.54 Å². The lowest BCUT2D eigenvalue weighted by Crippen LogP contribution is -2.61. The van der Waals surface area contributed by atoms with Gasteiger partial charge in [-0.1, -0.05) is 15.9 Å². The van der Waals surface area contributed by atoms with Crippen LogP contribution in [0, 0.1) is 5.82 Å². The minimum Gasteiger partial charge on any atom is -0.337 e. The Balaban J connectivity index is 2.45. The van der Waals surface area contributed by atoms with Gasteiger partial charge in [-0.25, -0.2) is 4.39 Å². The van der Waals surface area contributed by atoms with E-state index in [4.69, 9.17) is 0 Å². The largest absolute Gasteiger partial charge is 0.337 e. The van der Waals surface area contributed by atoms with E-state index < -0.39 is 23.2 Å². The number of rotatable bonds is 1. The van der Waals surface area contributed by atoms with E-state index in [1.165, 1.54) is 18.0 Å². The first kappa shape index (κ1) is 13.0. The molecular formula is C12H12BrFN2O2. The van der Waals surface area contributed by atoms with Gasteiger partial charge in [0.2, 0.25) is 0 Å². The molecule has 1 aromatic carbocycles. The number of nitrogens with one attached hydrogen (secondary N) is 1. The molecule has 0 bridgehead atoms. The molecule has 0 radical (unpaired) electrons. The molecule has 2 amide bonds. The van der Waals surface area contributed by atoms with Crippen molar-refractivity contribution in [2.45, 2.75) is 12.5 Å². The number of nitrogens with zero attached hydrogens (tertiary/aromatic N) is 1. The second-order valence-electron chi connectivity index (χ2n) is 4.57. The normalized spacial score (nSPS) is 24.1. The Morgan fingerprint density at radius 1 is 1.44 bits per heavy atom. The SMILES string of the molecule is CN1CC(C)(c2cc(Br)ccc2F)NC(=O)C1=O. The van der Waals surface area contributed by atoms with Crippen molar-refractivity contribution in [1.82, 2.24) is 10.2 Å². The van der Waals surface area contributed by atoms with Crippen LogP contribution in [0.4, 0.5) is 4.39 Å². The van der Waals surface area contributed by atoms with Gasteiger partial charge < -0.3 is 10.2 Å². The molecule has 1 N–H and O–H groups in total. The maximum absolute atomic E-state index is 13.9. The van der Waals surface area contributed by atoms with Crippen molar-refractivity contribution in [3.63, 3.8) is 0 Å². The van der Waals surface area contributed by atoms with Crippen LogP contribution in [0.1, 0.15) is 12.5 Å². The summed E-state index contributed by atoms with van der Waals surface area (Å²) in [7, 11) is 1.52. The Labute approximate surface area is 112 Å². The molecule has 18 heavy (non-hydrogen) atoms. The molecular weight excluding hydrogens is 303 g/mol. The van der Waals surface area contributed by atoms with Crippen molar-refractivity contribution in [1.29, 1.82) is 0 Å². The molecule has 0 aliphatic carbocycles. The molecule has 1 aliphatic rings. The van der Waals surface area contributed by atoms with Crippen LogP contribution in [-0.2, 0) is 15.1 Å². The number of hydrogen-bond donors (Lipinski definition) is 1. The zero-order chi connectivity index (χ0) is 13.5. The summed E-state index contributed by atoms with van der Waals surface area (Å²) in [5, 5.41) is 2.57. The van der Waals surface area contributed by atoms with Crippen molar-refractivity contribution >= 4 is 27.7 Å². The minimum atomic E-state index is -0.923. The monoisotopic (exact) mass is 314 g/mol. The van der Waals surface area contributed by atoms with Crippen LogP contribution in [0.25, 0.3) is 0 Å². The Bertz CT molecular complexity index is 535. The highest BCUT2D eigenvalue weighted by atomic mass is 79.9. The Morgan fingerprint density at radius 2 is 2.11 bits per heavy atom. The van der Waals surface area contributed by atoms with Gasteiger partial charge >= 0.3 is 11.8 Å². The molecule has 6 heteroatoms. The van der Waals surface area contributed by atoms with Crippen LogP contribution in [-0.4, -0.2) is 30.3 Å². The highest BCUT2D eigenvalue weighted by Gasteiger charge is 2.40. The van der Waals surface area contributed by atoms with E-state index in [2.05, 4.69) is 21.2 Å². The van der Waals surface area contributed by atoms with Gasteiger partial charge in [-0.05, 0) is 25.1 Å². The Kier molecular flexibility index (Phi) is 3.14. The minimum absolute atomic E-state index is 0.227. The fourth-order valence-electron chi connectivity index (χ4n) is 2.14. The quantitative estimate of drug-likeness (QED) is 0.796. The number of piperazine rings is 1. The molecule has 1 fully saturated rings. The maximum atomic E-state index is 13.9. The molecule has 1 aliphatic heterocycles. The molecule has 4 nitrogen and oxygen atoms in total. The summed E-state index contributed by atoms with van der Waals surface area (Å²) >= 11 is 3.27. The summed E-state index contributed by atoms with van der Waals surface area (Å²) in [4.78, 5) is 24.3. The molecule has 1 saturated heterocycles. The zero-order valence-corrected chi connectivity index (χ0v) is 11.5. The number of likely N-dealkylation sites (N-methyl/N-ethyl adjacent to an activating group) is 1. The number of hydrogen-bond acceptors (Lipinski definition) is 2. The van der Waals surface area contributed by atoms with Gasteiger partial charge in [-0.15, -0.1) is 0 Å². The van der Waals surface area contributed by atoms with Crippen molar-refractivity contribution in [3.05, 3.63) is 34.1 Å². The van der Waals surface area contributed by atoms with Crippen molar-refractivity contribution in [2.24, 2.45) is 0 Å².